The molecule has 1 N–H and O–H groups in total. The summed E-state index contributed by atoms with van der Waals surface area (Å²) >= 11 is 5.84. The number of rotatable bonds is 6. The van der Waals surface area contributed by atoms with Gasteiger partial charge in [-0.1, -0.05) is 36.4 Å². The number of furan rings is 1. The lowest BCUT2D eigenvalue weighted by molar-refractivity contribution is 0.309. The van der Waals surface area contributed by atoms with E-state index in [2.05, 4.69) is 70.0 Å². The molecule has 1 aliphatic heterocycles. The molecule has 3 aromatic heterocycles. The van der Waals surface area contributed by atoms with Crippen molar-refractivity contribution in [2.75, 3.05) is 0 Å². The molecule has 162 valence electrons. The minimum Gasteiger partial charge on any atom is -0.467 e. The van der Waals surface area contributed by atoms with Crippen LogP contribution in [0.15, 0.2) is 83.6 Å². The van der Waals surface area contributed by atoms with Gasteiger partial charge in [0.25, 0.3) is 0 Å². The van der Waals surface area contributed by atoms with E-state index in [0.717, 1.165) is 23.1 Å². The molecule has 0 aliphatic carbocycles. The molecule has 1 aromatic carbocycles. The van der Waals surface area contributed by atoms with Crippen molar-refractivity contribution in [2.24, 2.45) is 0 Å². The summed E-state index contributed by atoms with van der Waals surface area (Å²) in [5.74, 6) is 0.945. The van der Waals surface area contributed by atoms with Crippen LogP contribution in [0.3, 0.4) is 0 Å². The van der Waals surface area contributed by atoms with Crippen LogP contribution in [0.1, 0.15) is 46.1 Å². The van der Waals surface area contributed by atoms with Gasteiger partial charge in [-0.15, -0.1) is 0 Å². The van der Waals surface area contributed by atoms with Crippen molar-refractivity contribution in [3.05, 3.63) is 113 Å². The van der Waals surface area contributed by atoms with Crippen molar-refractivity contribution in [2.45, 2.75) is 39.0 Å². The minimum absolute atomic E-state index is 0.0232. The molecule has 4 heterocycles. The Labute approximate surface area is 193 Å². The molecule has 1 saturated heterocycles. The van der Waals surface area contributed by atoms with Gasteiger partial charge in [0.1, 0.15) is 5.76 Å². The first-order valence-corrected chi connectivity index (χ1v) is 11.2. The number of aromatic nitrogens is 2. The monoisotopic (exact) mass is 442 g/mol. The molecule has 2 unspecified atom stereocenters. The fourth-order valence-corrected chi connectivity index (χ4v) is 4.93. The lowest BCUT2D eigenvalue weighted by Crippen LogP contribution is -2.29. The largest absolute Gasteiger partial charge is 0.467 e. The molecule has 0 bridgehead atoms. The third-order valence-corrected chi connectivity index (χ3v) is 6.57. The van der Waals surface area contributed by atoms with Gasteiger partial charge in [-0.2, -0.15) is 0 Å². The maximum Gasteiger partial charge on any atom is 0.170 e. The summed E-state index contributed by atoms with van der Waals surface area (Å²) in [7, 11) is 0. The zero-order chi connectivity index (χ0) is 22.1. The van der Waals surface area contributed by atoms with Gasteiger partial charge < -0.3 is 19.2 Å². The zero-order valence-corrected chi connectivity index (χ0v) is 19.0. The van der Waals surface area contributed by atoms with Crippen molar-refractivity contribution in [1.82, 2.24) is 19.8 Å². The van der Waals surface area contributed by atoms with Crippen LogP contribution in [0.5, 0.6) is 0 Å². The molecule has 2 atom stereocenters. The highest BCUT2D eigenvalue weighted by Crippen LogP contribution is 2.41. The molecule has 0 spiro atoms. The van der Waals surface area contributed by atoms with E-state index in [1.807, 2.05) is 36.5 Å². The van der Waals surface area contributed by atoms with Gasteiger partial charge in [-0.05, 0) is 67.5 Å². The van der Waals surface area contributed by atoms with E-state index < -0.39 is 0 Å². The Morgan fingerprint density at radius 3 is 2.53 bits per heavy atom. The van der Waals surface area contributed by atoms with Crippen LogP contribution in [0, 0.1) is 13.8 Å². The standard InChI is InChI=1S/C26H26N4OS/c1-18-15-22(19(2)29(18)17-21-11-8-14-31-21)25-24(23-12-6-7-13-27-23)28-26(32)30(25)16-20-9-4-3-5-10-20/h3-15,24-25H,16-17H2,1-2H3,(H,28,32). The normalized spacial score (nSPS) is 18.2. The Morgan fingerprint density at radius 2 is 1.81 bits per heavy atom. The lowest BCUT2D eigenvalue weighted by Gasteiger charge is -2.28. The van der Waals surface area contributed by atoms with Crippen LogP contribution >= 0.6 is 12.2 Å². The average molecular weight is 443 g/mol. The van der Waals surface area contributed by atoms with E-state index >= 15 is 0 Å². The van der Waals surface area contributed by atoms with Crippen LogP contribution in [-0.2, 0) is 13.1 Å². The second-order valence-electron chi connectivity index (χ2n) is 8.23. The van der Waals surface area contributed by atoms with E-state index in [1.165, 1.54) is 22.5 Å². The van der Waals surface area contributed by atoms with Crippen molar-refractivity contribution in [3.63, 3.8) is 0 Å². The third kappa shape index (κ3) is 3.82. The summed E-state index contributed by atoms with van der Waals surface area (Å²) in [4.78, 5) is 6.96. The fourth-order valence-electron chi connectivity index (χ4n) is 4.62. The van der Waals surface area contributed by atoms with Gasteiger partial charge in [-0.3, -0.25) is 4.98 Å². The van der Waals surface area contributed by atoms with E-state index in [9.17, 15) is 0 Å². The van der Waals surface area contributed by atoms with Crippen molar-refractivity contribution in [1.29, 1.82) is 0 Å². The molecule has 5 nitrogen and oxygen atoms in total. The van der Waals surface area contributed by atoms with Gasteiger partial charge in [-0.25, -0.2) is 0 Å². The summed E-state index contributed by atoms with van der Waals surface area (Å²) in [5, 5.41) is 4.31. The van der Waals surface area contributed by atoms with Crippen molar-refractivity contribution < 1.29 is 4.42 Å². The molecular formula is C26H26N4OS. The topological polar surface area (TPSA) is 46.2 Å². The second kappa shape index (κ2) is 8.63. The fraction of sp³-hybridized carbons (Fsp3) is 0.231. The first kappa shape index (κ1) is 20.5. The molecule has 32 heavy (non-hydrogen) atoms. The molecule has 6 heteroatoms. The second-order valence-corrected chi connectivity index (χ2v) is 8.62. The molecule has 0 amide bonds. The molecular weight excluding hydrogens is 416 g/mol. The van der Waals surface area contributed by atoms with Gasteiger partial charge in [0.05, 0.1) is 30.6 Å². The Balaban J connectivity index is 1.57. The number of pyridine rings is 1. The van der Waals surface area contributed by atoms with Crippen LogP contribution in [0.4, 0.5) is 0 Å². The quantitative estimate of drug-likeness (QED) is 0.410. The summed E-state index contributed by atoms with van der Waals surface area (Å²) in [6.45, 7) is 5.78. The summed E-state index contributed by atoms with van der Waals surface area (Å²) in [6.07, 6.45) is 3.57. The molecule has 1 fully saturated rings. The molecule has 0 radical (unpaired) electrons. The minimum atomic E-state index is -0.0232. The number of nitrogens with one attached hydrogen (secondary N) is 1. The van der Waals surface area contributed by atoms with Gasteiger partial charge >= 0.3 is 0 Å². The van der Waals surface area contributed by atoms with Crippen molar-refractivity contribution in [3.8, 4) is 0 Å². The molecule has 5 rings (SSSR count). The van der Waals surface area contributed by atoms with Gasteiger partial charge in [0.2, 0.25) is 0 Å². The van der Waals surface area contributed by atoms with E-state index in [-0.39, 0.29) is 12.1 Å². The third-order valence-electron chi connectivity index (χ3n) is 6.22. The van der Waals surface area contributed by atoms with Gasteiger partial charge in [0.15, 0.2) is 5.11 Å². The van der Waals surface area contributed by atoms with Crippen LogP contribution in [-0.4, -0.2) is 19.6 Å². The predicted octanol–water partition coefficient (Wildman–Crippen LogP) is 5.31. The first-order valence-electron chi connectivity index (χ1n) is 10.8. The Kier molecular flexibility index (Phi) is 5.53. The Hall–Kier alpha value is -3.38. The van der Waals surface area contributed by atoms with E-state index in [4.69, 9.17) is 16.6 Å². The number of thiocarbonyl (C=S) groups is 1. The highest BCUT2D eigenvalue weighted by molar-refractivity contribution is 7.80. The van der Waals surface area contributed by atoms with Crippen LogP contribution in [0.25, 0.3) is 0 Å². The SMILES string of the molecule is Cc1cc(C2C(c3ccccn3)NC(=S)N2Cc2ccccc2)c(C)n1Cc1ccco1. The average Bonchev–Trinajstić information content (AvgIpc) is 3.51. The van der Waals surface area contributed by atoms with Gasteiger partial charge in [0, 0.05) is 24.1 Å². The molecule has 0 saturated carbocycles. The maximum absolute atomic E-state index is 5.84. The van der Waals surface area contributed by atoms with Crippen LogP contribution < -0.4 is 5.32 Å². The van der Waals surface area contributed by atoms with Crippen LogP contribution in [0.2, 0.25) is 0 Å². The smallest absolute Gasteiger partial charge is 0.170 e. The first-order chi connectivity index (χ1) is 15.6. The summed E-state index contributed by atoms with van der Waals surface area (Å²) in [5.41, 5.74) is 5.90. The summed E-state index contributed by atoms with van der Waals surface area (Å²) in [6, 6.07) is 22.8. The van der Waals surface area contributed by atoms with E-state index in [0.29, 0.717) is 6.54 Å². The molecule has 1 aliphatic rings. The highest BCUT2D eigenvalue weighted by Gasteiger charge is 2.41. The Morgan fingerprint density at radius 1 is 1.00 bits per heavy atom. The lowest BCUT2D eigenvalue weighted by atomic mass is 9.96. The number of hydrogen-bond donors (Lipinski definition) is 1. The summed E-state index contributed by atoms with van der Waals surface area (Å²) < 4.78 is 7.93. The predicted molar refractivity (Wildman–Crippen MR) is 129 cm³/mol. The number of nitrogens with zero attached hydrogens (tertiary/aromatic N) is 3. The maximum atomic E-state index is 5.84. The number of hydrogen-bond acceptors (Lipinski definition) is 3. The zero-order valence-electron chi connectivity index (χ0n) is 18.2. The van der Waals surface area contributed by atoms with Crippen molar-refractivity contribution >= 4 is 17.3 Å². The van der Waals surface area contributed by atoms with E-state index in [1.54, 1.807) is 6.26 Å². The highest BCUT2D eigenvalue weighted by atomic mass is 32.1. The Bertz CT molecular complexity index is 1200. The number of aryl methyl sites for hydroxylation is 1. The number of benzene rings is 1. The molecule has 4 aromatic rings.